The zero-order valence-electron chi connectivity index (χ0n) is 16.8. The van der Waals surface area contributed by atoms with Crippen molar-refractivity contribution in [2.45, 2.75) is 38.4 Å². The van der Waals surface area contributed by atoms with Gasteiger partial charge in [-0.15, -0.1) is 35.0 Å². The minimum absolute atomic E-state index is 0. The molecular formula is C20H30Cl2N6O. The number of benzene rings is 1. The van der Waals surface area contributed by atoms with Gasteiger partial charge < -0.3 is 14.8 Å². The number of hydrogen-bond acceptors (Lipinski definition) is 5. The lowest BCUT2D eigenvalue weighted by atomic mass is 9.95. The number of carbonyl (C=O) groups excluding carboxylic acids is 1. The largest absolute Gasteiger partial charge is 0.342 e. The summed E-state index contributed by atoms with van der Waals surface area (Å²) in [6.07, 6.45) is 1.94. The van der Waals surface area contributed by atoms with Gasteiger partial charge in [-0.3, -0.25) is 9.69 Å². The van der Waals surface area contributed by atoms with E-state index in [0.717, 1.165) is 63.8 Å². The summed E-state index contributed by atoms with van der Waals surface area (Å²) >= 11 is 0. The number of amides is 1. The van der Waals surface area contributed by atoms with Gasteiger partial charge in [0.2, 0.25) is 5.91 Å². The van der Waals surface area contributed by atoms with Crippen LogP contribution in [-0.2, 0) is 24.4 Å². The van der Waals surface area contributed by atoms with Crippen molar-refractivity contribution in [2.75, 3.05) is 33.2 Å². The molecule has 9 heteroatoms. The highest BCUT2D eigenvalue weighted by atomic mass is 35.5. The number of nitrogens with zero attached hydrogens (tertiary/aromatic N) is 5. The Kier molecular flexibility index (Phi) is 8.89. The number of piperidine rings is 1. The van der Waals surface area contributed by atoms with Gasteiger partial charge in [0.15, 0.2) is 0 Å². The lowest BCUT2D eigenvalue weighted by Crippen LogP contribution is -2.43. The van der Waals surface area contributed by atoms with E-state index in [4.69, 9.17) is 0 Å². The molecule has 0 radical (unpaired) electrons. The van der Waals surface area contributed by atoms with Crippen molar-refractivity contribution in [1.82, 2.24) is 29.9 Å². The van der Waals surface area contributed by atoms with E-state index >= 15 is 0 Å². The highest BCUT2D eigenvalue weighted by molar-refractivity contribution is 5.85. The average molecular weight is 441 g/mol. The van der Waals surface area contributed by atoms with Crippen LogP contribution in [0, 0.1) is 0 Å². The number of carbonyl (C=O) groups is 1. The second kappa shape index (κ2) is 10.9. The van der Waals surface area contributed by atoms with Crippen LogP contribution in [-0.4, -0.2) is 63.7 Å². The summed E-state index contributed by atoms with van der Waals surface area (Å²) in [6.45, 7) is 5.60. The van der Waals surface area contributed by atoms with Gasteiger partial charge in [-0.05, 0) is 25.5 Å². The van der Waals surface area contributed by atoms with Crippen molar-refractivity contribution in [3.8, 4) is 0 Å². The molecule has 2 aromatic rings. The molecule has 1 N–H and O–H groups in total. The summed E-state index contributed by atoms with van der Waals surface area (Å²) < 4.78 is 2.27. The molecular weight excluding hydrogens is 411 g/mol. The van der Waals surface area contributed by atoms with Gasteiger partial charge in [0.05, 0.1) is 13.1 Å². The molecule has 0 unspecified atom stereocenters. The van der Waals surface area contributed by atoms with Gasteiger partial charge in [-0.1, -0.05) is 30.3 Å². The number of likely N-dealkylation sites (tertiary alicyclic amines) is 1. The van der Waals surface area contributed by atoms with E-state index in [1.54, 1.807) is 0 Å². The highest BCUT2D eigenvalue weighted by Gasteiger charge is 2.28. The molecule has 1 saturated heterocycles. The molecule has 2 aliphatic rings. The summed E-state index contributed by atoms with van der Waals surface area (Å²) in [4.78, 5) is 16.8. The zero-order chi connectivity index (χ0) is 18.6. The molecule has 4 rings (SSSR count). The molecule has 29 heavy (non-hydrogen) atoms. The number of rotatable bonds is 5. The Hall–Kier alpha value is -1.67. The molecule has 1 amide bonds. The van der Waals surface area contributed by atoms with E-state index in [9.17, 15) is 4.79 Å². The van der Waals surface area contributed by atoms with E-state index in [1.807, 2.05) is 30.1 Å². The quantitative estimate of drug-likeness (QED) is 0.770. The number of hydrogen-bond donors (Lipinski definition) is 1. The zero-order valence-corrected chi connectivity index (χ0v) is 18.4. The van der Waals surface area contributed by atoms with Crippen molar-refractivity contribution in [3.63, 3.8) is 0 Å². The van der Waals surface area contributed by atoms with Gasteiger partial charge in [0.1, 0.15) is 11.6 Å². The van der Waals surface area contributed by atoms with E-state index in [1.165, 1.54) is 5.56 Å². The van der Waals surface area contributed by atoms with Crippen molar-refractivity contribution in [1.29, 1.82) is 0 Å². The fourth-order valence-electron chi connectivity index (χ4n) is 4.09. The standard InChI is InChI=1S/C20H28N6O.2ClH/c1-24(14-16-5-3-2-4-6-16)15-19(27)25-10-7-17(8-11-25)20-23-22-18-13-21-9-12-26(18)20;;/h2-6,17,21H,7-15H2,1H3;2*1H. The molecule has 0 spiro atoms. The Labute approximate surface area is 184 Å². The maximum atomic E-state index is 12.7. The Morgan fingerprint density at radius 1 is 1.14 bits per heavy atom. The number of halogens is 2. The highest BCUT2D eigenvalue weighted by Crippen LogP contribution is 2.27. The third-order valence-electron chi connectivity index (χ3n) is 5.56. The van der Waals surface area contributed by atoms with Crippen LogP contribution in [0.1, 0.15) is 36.0 Å². The summed E-state index contributed by atoms with van der Waals surface area (Å²) in [6, 6.07) is 10.3. The number of aromatic nitrogens is 3. The molecule has 0 aliphatic carbocycles. The molecule has 1 aromatic heterocycles. The first-order valence-electron chi connectivity index (χ1n) is 9.83. The fourth-order valence-corrected chi connectivity index (χ4v) is 4.09. The van der Waals surface area contributed by atoms with Crippen LogP contribution in [0.3, 0.4) is 0 Å². The Morgan fingerprint density at radius 2 is 1.86 bits per heavy atom. The smallest absolute Gasteiger partial charge is 0.236 e. The minimum Gasteiger partial charge on any atom is -0.342 e. The first-order valence-corrected chi connectivity index (χ1v) is 9.83. The van der Waals surface area contributed by atoms with Gasteiger partial charge in [-0.2, -0.15) is 0 Å². The number of likely N-dealkylation sites (N-methyl/N-ethyl adjacent to an activating group) is 1. The molecule has 160 valence electrons. The Bertz CT molecular complexity index is 777. The molecule has 1 aromatic carbocycles. The SMILES string of the molecule is CN(CC(=O)N1CCC(c2nnc3n2CCNC3)CC1)Cc1ccccc1.Cl.Cl. The summed E-state index contributed by atoms with van der Waals surface area (Å²) in [5.74, 6) is 2.78. The van der Waals surface area contributed by atoms with E-state index in [0.29, 0.717) is 12.5 Å². The normalized spacial score (nSPS) is 16.7. The third-order valence-corrected chi connectivity index (χ3v) is 5.56. The van der Waals surface area contributed by atoms with E-state index in [2.05, 4.69) is 37.1 Å². The second-order valence-corrected chi connectivity index (χ2v) is 7.62. The first kappa shape index (κ1) is 23.6. The van der Waals surface area contributed by atoms with E-state index in [-0.39, 0.29) is 30.7 Å². The van der Waals surface area contributed by atoms with Crippen LogP contribution >= 0.6 is 24.8 Å². The maximum absolute atomic E-state index is 12.7. The molecule has 7 nitrogen and oxygen atoms in total. The fraction of sp³-hybridized carbons (Fsp3) is 0.550. The number of fused-ring (bicyclic) bond motifs is 1. The molecule has 0 atom stereocenters. The van der Waals surface area contributed by atoms with Gasteiger partial charge >= 0.3 is 0 Å². The Balaban J connectivity index is 0.00000150. The van der Waals surface area contributed by atoms with Gasteiger partial charge in [0.25, 0.3) is 0 Å². The second-order valence-electron chi connectivity index (χ2n) is 7.62. The summed E-state index contributed by atoms with van der Waals surface area (Å²) in [7, 11) is 2.01. The van der Waals surface area contributed by atoms with Crippen LogP contribution in [0.4, 0.5) is 0 Å². The molecule has 0 bridgehead atoms. The maximum Gasteiger partial charge on any atom is 0.236 e. The van der Waals surface area contributed by atoms with Crippen LogP contribution < -0.4 is 5.32 Å². The monoisotopic (exact) mass is 440 g/mol. The minimum atomic E-state index is 0. The number of nitrogens with one attached hydrogen (secondary N) is 1. The summed E-state index contributed by atoms with van der Waals surface area (Å²) in [5.41, 5.74) is 1.23. The van der Waals surface area contributed by atoms with Gasteiger partial charge in [0, 0.05) is 38.6 Å². The average Bonchev–Trinajstić information content (AvgIpc) is 3.13. The van der Waals surface area contributed by atoms with Crippen LogP contribution in [0.2, 0.25) is 0 Å². The van der Waals surface area contributed by atoms with Crippen LogP contribution in [0.25, 0.3) is 0 Å². The van der Waals surface area contributed by atoms with Crippen molar-refractivity contribution < 1.29 is 4.79 Å². The lowest BCUT2D eigenvalue weighted by Gasteiger charge is -2.33. The molecule has 1 fully saturated rings. The van der Waals surface area contributed by atoms with Crippen LogP contribution in [0.5, 0.6) is 0 Å². The first-order chi connectivity index (χ1) is 13.2. The molecule has 3 heterocycles. The summed E-state index contributed by atoms with van der Waals surface area (Å²) in [5, 5.41) is 12.1. The van der Waals surface area contributed by atoms with Gasteiger partial charge in [-0.25, -0.2) is 0 Å². The predicted molar refractivity (Wildman–Crippen MR) is 118 cm³/mol. The Morgan fingerprint density at radius 3 is 2.59 bits per heavy atom. The van der Waals surface area contributed by atoms with E-state index < -0.39 is 0 Å². The van der Waals surface area contributed by atoms with Crippen molar-refractivity contribution in [3.05, 3.63) is 47.5 Å². The third kappa shape index (κ3) is 5.69. The topological polar surface area (TPSA) is 66.3 Å². The molecule has 0 saturated carbocycles. The molecule has 2 aliphatic heterocycles. The lowest BCUT2D eigenvalue weighted by molar-refractivity contribution is -0.133. The van der Waals surface area contributed by atoms with Crippen molar-refractivity contribution >= 4 is 30.7 Å². The van der Waals surface area contributed by atoms with Crippen molar-refractivity contribution in [2.24, 2.45) is 0 Å². The predicted octanol–water partition coefficient (Wildman–Crippen LogP) is 2.06. The van der Waals surface area contributed by atoms with Crippen LogP contribution in [0.15, 0.2) is 30.3 Å².